The third kappa shape index (κ3) is 6.85. The number of fused-ring (bicyclic) bond motifs is 1. The van der Waals surface area contributed by atoms with Crippen LogP contribution in [-0.2, 0) is 25.2 Å². The van der Waals surface area contributed by atoms with Crippen LogP contribution in [0.25, 0.3) is 10.4 Å². The van der Waals surface area contributed by atoms with Gasteiger partial charge in [0.15, 0.2) is 17.8 Å². The van der Waals surface area contributed by atoms with Crippen molar-refractivity contribution in [1.29, 1.82) is 0 Å². The summed E-state index contributed by atoms with van der Waals surface area (Å²) in [5, 5.41) is 6.16. The fourth-order valence-corrected chi connectivity index (χ4v) is 10.9. The molecule has 9 nitrogen and oxygen atoms in total. The van der Waals surface area contributed by atoms with Crippen molar-refractivity contribution in [1.82, 2.24) is 0 Å². The molecule has 12 heteroatoms. The summed E-state index contributed by atoms with van der Waals surface area (Å²) < 4.78 is 37.3. The zero-order valence-corrected chi connectivity index (χ0v) is 27.7. The van der Waals surface area contributed by atoms with Crippen LogP contribution >= 0.6 is 9.24 Å². The van der Waals surface area contributed by atoms with Gasteiger partial charge >= 0.3 is 0 Å². The molecular formula is C32H39BN3O6PSi. The Labute approximate surface area is 263 Å². The highest BCUT2D eigenvalue weighted by Gasteiger charge is 2.52. The van der Waals surface area contributed by atoms with Crippen LogP contribution in [-0.4, -0.2) is 59.8 Å². The largest absolute Gasteiger partial charge is 0.454 e. The van der Waals surface area contributed by atoms with E-state index in [-0.39, 0.29) is 31.0 Å². The normalized spacial score (nSPS) is 24.0. The molecule has 3 aromatic rings. The Balaban J connectivity index is 1.46. The zero-order valence-electron chi connectivity index (χ0n) is 25.5. The van der Waals surface area contributed by atoms with E-state index in [9.17, 15) is 5.53 Å². The molecular weight excluding hydrogens is 592 g/mol. The summed E-state index contributed by atoms with van der Waals surface area (Å²) in [6.45, 7) is 9.26. The van der Waals surface area contributed by atoms with Gasteiger partial charge < -0.3 is 28.1 Å². The molecule has 230 valence electrons. The molecule has 2 aliphatic rings. The van der Waals surface area contributed by atoms with E-state index >= 15 is 0 Å². The van der Waals surface area contributed by atoms with Gasteiger partial charge in [-0.25, -0.2) is 0 Å². The molecule has 0 aromatic heterocycles. The predicted molar refractivity (Wildman–Crippen MR) is 176 cm³/mol. The van der Waals surface area contributed by atoms with Crippen LogP contribution in [0.4, 0.5) is 0 Å². The van der Waals surface area contributed by atoms with E-state index in [1.54, 1.807) is 0 Å². The number of hydrogen-bond acceptors (Lipinski definition) is 7. The lowest BCUT2D eigenvalue weighted by atomic mass is 9.89. The Bertz CT molecular complexity index is 1400. The van der Waals surface area contributed by atoms with Gasteiger partial charge in [-0.2, -0.15) is 0 Å². The summed E-state index contributed by atoms with van der Waals surface area (Å²) in [6, 6.07) is 25.8. The second-order valence-corrected chi connectivity index (χ2v) is 17.1. The standard InChI is InChI=1S/C32H39BN3O6PSi/c1-21-28(35-36-34)30(37-18-22-15-16-25-26(17-22)39-20-38-25)41-27(29(21)42-31(33)43)19-40-44(32(2,3)4,23-11-7-5-8-12-23)24-13-9-6-10-14-24/h5-17,21,27-31H,18-20,43H2,1-4H3/t21-,27?,28+,29+,30?,31?/m1/s1. The van der Waals surface area contributed by atoms with Crippen LogP contribution < -0.4 is 19.8 Å². The molecule has 0 aliphatic carbocycles. The molecule has 0 spiro atoms. The average Bonchev–Trinajstić information content (AvgIpc) is 3.48. The second kappa shape index (κ2) is 14.0. The van der Waals surface area contributed by atoms with Crippen molar-refractivity contribution in [3.8, 4) is 11.5 Å². The van der Waals surface area contributed by atoms with E-state index in [4.69, 9.17) is 36.0 Å². The first-order chi connectivity index (χ1) is 21.1. The SMILES string of the molecule is [B]C(P)O[C@@H]1C(CO[Si](c2ccccc2)(c2ccccc2)C(C)(C)C)OC(OCc2ccc3c(c2)OCO3)[C@@H](N=[N+]=[N-])[C@H]1C. The van der Waals surface area contributed by atoms with Crippen LogP contribution in [0.5, 0.6) is 11.5 Å². The summed E-state index contributed by atoms with van der Waals surface area (Å²) in [4.78, 5) is 3.11. The first kappa shape index (κ1) is 32.5. The van der Waals surface area contributed by atoms with Gasteiger partial charge in [0.2, 0.25) is 6.79 Å². The number of nitrogens with zero attached hydrogens (tertiary/aromatic N) is 3. The Morgan fingerprint density at radius 3 is 2.25 bits per heavy atom. The van der Waals surface area contributed by atoms with E-state index in [1.165, 1.54) is 0 Å². The van der Waals surface area contributed by atoms with Crippen molar-refractivity contribution >= 4 is 35.8 Å². The number of azide groups is 1. The number of rotatable bonds is 11. The van der Waals surface area contributed by atoms with Gasteiger partial charge in [-0.05, 0) is 44.6 Å². The zero-order chi connectivity index (χ0) is 31.3. The van der Waals surface area contributed by atoms with Crippen molar-refractivity contribution in [2.75, 3.05) is 13.4 Å². The number of ether oxygens (including phenoxy) is 5. The Kier molecular flexibility index (Phi) is 10.4. The van der Waals surface area contributed by atoms with E-state index < -0.39 is 38.6 Å². The maximum Gasteiger partial charge on any atom is 0.261 e. The van der Waals surface area contributed by atoms with Crippen LogP contribution in [0.15, 0.2) is 84.0 Å². The monoisotopic (exact) mass is 631 g/mol. The Morgan fingerprint density at radius 1 is 1.02 bits per heavy atom. The van der Waals surface area contributed by atoms with Gasteiger partial charge in [0.05, 0.1) is 25.4 Å². The van der Waals surface area contributed by atoms with Crippen LogP contribution in [0, 0.1) is 5.92 Å². The molecule has 4 unspecified atom stereocenters. The Hall–Kier alpha value is -2.88. The van der Waals surface area contributed by atoms with Crippen LogP contribution in [0.3, 0.4) is 0 Å². The maximum atomic E-state index is 9.46. The summed E-state index contributed by atoms with van der Waals surface area (Å²) in [7, 11) is 5.70. The average molecular weight is 632 g/mol. The van der Waals surface area contributed by atoms with Gasteiger partial charge in [0.25, 0.3) is 8.32 Å². The van der Waals surface area contributed by atoms with Crippen molar-refractivity contribution in [2.45, 2.75) is 69.6 Å². The van der Waals surface area contributed by atoms with Crippen molar-refractivity contribution in [3.63, 3.8) is 0 Å². The quantitative estimate of drug-likeness (QED) is 0.0941. The highest BCUT2D eigenvalue weighted by Crippen LogP contribution is 2.39. The minimum absolute atomic E-state index is 0.189. The van der Waals surface area contributed by atoms with Crippen molar-refractivity contribution < 1.29 is 28.1 Å². The minimum atomic E-state index is -2.88. The molecule has 7 atom stereocenters. The Morgan fingerprint density at radius 2 is 1.66 bits per heavy atom. The lowest BCUT2D eigenvalue weighted by molar-refractivity contribution is -0.261. The molecule has 3 aromatic carbocycles. The fraction of sp³-hybridized carbons (Fsp3) is 0.438. The van der Waals surface area contributed by atoms with Gasteiger partial charge in [-0.1, -0.05) is 99.5 Å². The molecule has 0 saturated carbocycles. The van der Waals surface area contributed by atoms with Gasteiger partial charge in [0.1, 0.15) is 14.0 Å². The first-order valence-electron chi connectivity index (χ1n) is 14.8. The minimum Gasteiger partial charge on any atom is -0.454 e. The third-order valence-corrected chi connectivity index (χ3v) is 13.4. The first-order valence-corrected chi connectivity index (χ1v) is 17.3. The van der Waals surface area contributed by atoms with E-state index in [0.29, 0.717) is 11.5 Å². The van der Waals surface area contributed by atoms with Gasteiger partial charge in [0, 0.05) is 10.7 Å². The molecule has 2 radical (unpaired) electrons. The van der Waals surface area contributed by atoms with Gasteiger partial charge in [-0.15, -0.1) is 9.24 Å². The van der Waals surface area contributed by atoms with Crippen LogP contribution in [0.2, 0.25) is 5.04 Å². The smallest absolute Gasteiger partial charge is 0.261 e. The van der Waals surface area contributed by atoms with Crippen molar-refractivity contribution in [2.24, 2.45) is 11.0 Å². The molecule has 1 fully saturated rings. The van der Waals surface area contributed by atoms with E-state index in [1.807, 2.05) is 37.3 Å². The molecule has 0 N–H and O–H groups in total. The molecule has 1 saturated heterocycles. The predicted octanol–water partition coefficient (Wildman–Crippen LogP) is 5.26. The molecule has 2 aliphatic heterocycles. The van der Waals surface area contributed by atoms with Gasteiger partial charge in [-0.3, -0.25) is 0 Å². The maximum absolute atomic E-state index is 9.46. The molecule has 5 rings (SSSR count). The fourth-order valence-electron chi connectivity index (χ4n) is 6.17. The van der Waals surface area contributed by atoms with E-state index in [2.05, 4.69) is 88.6 Å². The lowest BCUT2D eigenvalue weighted by Gasteiger charge is -2.47. The lowest BCUT2D eigenvalue weighted by Crippen LogP contribution is -2.68. The van der Waals surface area contributed by atoms with Crippen molar-refractivity contribution in [3.05, 3.63) is 94.9 Å². The number of benzene rings is 3. The molecule has 0 bridgehead atoms. The summed E-state index contributed by atoms with van der Waals surface area (Å²) in [6.07, 6.45) is -1.94. The molecule has 2 heterocycles. The molecule has 0 amide bonds. The topological polar surface area (TPSA) is 104 Å². The molecule has 44 heavy (non-hydrogen) atoms. The van der Waals surface area contributed by atoms with Crippen LogP contribution in [0.1, 0.15) is 33.3 Å². The third-order valence-electron chi connectivity index (χ3n) is 8.24. The summed E-state index contributed by atoms with van der Waals surface area (Å²) in [5.74, 6) is 0.410. The summed E-state index contributed by atoms with van der Waals surface area (Å²) >= 11 is 0. The summed E-state index contributed by atoms with van der Waals surface area (Å²) in [5.41, 5.74) is 10.3. The van der Waals surface area contributed by atoms with E-state index in [0.717, 1.165) is 15.9 Å². The second-order valence-electron chi connectivity index (χ2n) is 12.1. The highest BCUT2D eigenvalue weighted by molar-refractivity contribution is 7.20. The number of hydrogen-bond donors (Lipinski definition) is 0. The highest BCUT2D eigenvalue weighted by atomic mass is 31.0.